The summed E-state index contributed by atoms with van der Waals surface area (Å²) in [6, 6.07) is 12.2. The smallest absolute Gasteiger partial charge is 0.281 e. The number of carbonyl (C=O) groups excluding carboxylic acids is 1. The molecule has 0 saturated carbocycles. The number of rotatable bonds is 5. The van der Waals surface area contributed by atoms with Gasteiger partial charge in [0.15, 0.2) is 0 Å². The molecule has 0 atom stereocenters. The van der Waals surface area contributed by atoms with E-state index in [4.69, 9.17) is 45.5 Å². The van der Waals surface area contributed by atoms with E-state index in [1.54, 1.807) is 37.3 Å². The molecule has 0 radical (unpaired) electrons. The van der Waals surface area contributed by atoms with Crippen LogP contribution in [0.1, 0.15) is 31.7 Å². The summed E-state index contributed by atoms with van der Waals surface area (Å²) in [5, 5.41) is 3.42. The lowest BCUT2D eigenvalue weighted by Crippen LogP contribution is -2.46. The number of hydrazine groups is 1. The Labute approximate surface area is 191 Å². The first-order valence-electron chi connectivity index (χ1n) is 9.67. The Balaban J connectivity index is 1.99. The molecule has 3 rings (SSSR count). The predicted octanol–water partition coefficient (Wildman–Crippen LogP) is 5.52. The molecule has 30 heavy (non-hydrogen) atoms. The molecule has 2 aromatic rings. The monoisotopic (exact) mass is 464 g/mol. The van der Waals surface area contributed by atoms with Gasteiger partial charge >= 0.3 is 0 Å². The van der Waals surface area contributed by atoms with Gasteiger partial charge in [0.05, 0.1) is 16.4 Å². The molecule has 1 fully saturated rings. The largest absolute Gasteiger partial charge is 0.394 e. The van der Waals surface area contributed by atoms with Gasteiger partial charge in [-0.2, -0.15) is 0 Å². The Kier molecular flexibility index (Phi) is 7.78. The molecule has 8 heteroatoms. The van der Waals surface area contributed by atoms with Gasteiger partial charge in [0.1, 0.15) is 5.70 Å². The van der Waals surface area contributed by atoms with Crippen LogP contribution in [0, 0.1) is 0 Å². The van der Waals surface area contributed by atoms with E-state index in [0.717, 1.165) is 31.5 Å². The third kappa shape index (κ3) is 5.76. The first-order chi connectivity index (χ1) is 14.3. The number of benzene rings is 2. The van der Waals surface area contributed by atoms with Crippen LogP contribution >= 0.6 is 34.8 Å². The summed E-state index contributed by atoms with van der Waals surface area (Å²) in [7, 11) is 0. The third-order valence-electron chi connectivity index (χ3n) is 4.88. The first-order valence-corrected chi connectivity index (χ1v) is 10.8. The predicted molar refractivity (Wildman–Crippen MR) is 125 cm³/mol. The normalized spacial score (nSPS) is 16.2. The maximum atomic E-state index is 12.8. The molecule has 158 valence electrons. The van der Waals surface area contributed by atoms with Crippen molar-refractivity contribution in [1.29, 1.82) is 0 Å². The lowest BCUT2D eigenvalue weighted by Gasteiger charge is -2.27. The van der Waals surface area contributed by atoms with Crippen molar-refractivity contribution in [3.63, 3.8) is 0 Å². The van der Waals surface area contributed by atoms with Crippen molar-refractivity contribution in [3.8, 4) is 0 Å². The topological polar surface area (TPSA) is 70.7 Å². The van der Waals surface area contributed by atoms with Crippen molar-refractivity contribution >= 4 is 52.1 Å². The van der Waals surface area contributed by atoms with Crippen LogP contribution < -0.4 is 11.2 Å². The highest BCUT2D eigenvalue weighted by molar-refractivity contribution is 6.36. The van der Waals surface area contributed by atoms with Gasteiger partial charge in [-0.05, 0) is 50.1 Å². The summed E-state index contributed by atoms with van der Waals surface area (Å²) in [6.45, 7) is 3.40. The molecule has 0 aromatic heterocycles. The molecular weight excluding hydrogens is 443 g/mol. The minimum atomic E-state index is -0.349. The highest BCUT2D eigenvalue weighted by Gasteiger charge is 2.19. The molecular formula is C22H23Cl3N4O. The first kappa shape index (κ1) is 22.6. The maximum absolute atomic E-state index is 12.8. The van der Waals surface area contributed by atoms with Crippen LogP contribution in [0.15, 0.2) is 58.7 Å². The molecule has 3 N–H and O–H groups in total. The molecule has 1 heterocycles. The molecule has 1 aliphatic rings. The fourth-order valence-corrected chi connectivity index (χ4v) is 3.75. The van der Waals surface area contributed by atoms with Crippen LogP contribution in [0.5, 0.6) is 0 Å². The number of hydrogen-bond acceptors (Lipinski definition) is 4. The molecule has 0 aliphatic carbocycles. The van der Waals surface area contributed by atoms with Crippen LogP contribution in [-0.4, -0.2) is 29.7 Å². The van der Waals surface area contributed by atoms with Gasteiger partial charge in [-0.1, -0.05) is 53.4 Å². The van der Waals surface area contributed by atoms with Crippen molar-refractivity contribution in [2.75, 3.05) is 13.1 Å². The van der Waals surface area contributed by atoms with Gasteiger partial charge in [-0.15, -0.1) is 0 Å². The number of nitrogens with one attached hydrogen (secondary N) is 1. The number of carbonyl (C=O) groups is 1. The standard InChI is InChI=1S/C22H23Cl3N4O/c1-14(20(26)22(30)28-29-11-3-2-4-12-29)21(15-5-7-16(23)8-6-15)27-19-10-9-17(24)13-18(19)25/h5-10,13H,2-4,11-12,26H2,1H3,(H,28,30). The fraction of sp³-hybridized carbons (Fsp3) is 0.273. The Morgan fingerprint density at radius 1 is 1.00 bits per heavy atom. The number of amides is 1. The van der Waals surface area contributed by atoms with Gasteiger partial charge in [0, 0.05) is 34.3 Å². The summed E-state index contributed by atoms with van der Waals surface area (Å²) in [5.74, 6) is -0.349. The maximum Gasteiger partial charge on any atom is 0.281 e. The number of nitrogens with two attached hydrogens (primary N) is 1. The summed E-state index contributed by atoms with van der Waals surface area (Å²) >= 11 is 18.4. The van der Waals surface area contributed by atoms with Crippen molar-refractivity contribution in [2.24, 2.45) is 10.7 Å². The van der Waals surface area contributed by atoms with Gasteiger partial charge in [-0.25, -0.2) is 10.0 Å². The van der Waals surface area contributed by atoms with Crippen LogP contribution in [0.25, 0.3) is 0 Å². The Hall–Kier alpha value is -2.05. The Morgan fingerprint density at radius 3 is 2.27 bits per heavy atom. The highest BCUT2D eigenvalue weighted by Crippen LogP contribution is 2.30. The number of aliphatic imine (C=N–C) groups is 1. The Morgan fingerprint density at radius 2 is 1.63 bits per heavy atom. The minimum absolute atomic E-state index is 0.0966. The minimum Gasteiger partial charge on any atom is -0.394 e. The lowest BCUT2D eigenvalue weighted by atomic mass is 10.0. The Bertz CT molecular complexity index is 980. The fourth-order valence-electron chi connectivity index (χ4n) is 3.17. The lowest BCUT2D eigenvalue weighted by molar-refractivity contribution is -0.122. The quantitative estimate of drug-likeness (QED) is 0.451. The van der Waals surface area contributed by atoms with Crippen molar-refractivity contribution < 1.29 is 4.79 Å². The van der Waals surface area contributed by atoms with Crippen molar-refractivity contribution in [2.45, 2.75) is 26.2 Å². The van der Waals surface area contributed by atoms with Crippen LogP contribution in [0.4, 0.5) is 5.69 Å². The second-order valence-corrected chi connectivity index (χ2v) is 8.37. The number of nitrogens with zero attached hydrogens (tertiary/aromatic N) is 2. The number of piperidine rings is 1. The zero-order valence-electron chi connectivity index (χ0n) is 16.6. The summed E-state index contributed by atoms with van der Waals surface area (Å²) in [6.07, 6.45) is 3.27. The van der Waals surface area contributed by atoms with Crippen molar-refractivity contribution in [3.05, 3.63) is 74.4 Å². The van der Waals surface area contributed by atoms with E-state index in [2.05, 4.69) is 5.43 Å². The van der Waals surface area contributed by atoms with Crippen LogP contribution in [0.3, 0.4) is 0 Å². The molecule has 1 amide bonds. The zero-order chi connectivity index (χ0) is 21.7. The van der Waals surface area contributed by atoms with Gasteiger partial charge in [0.25, 0.3) is 5.91 Å². The van der Waals surface area contributed by atoms with Crippen molar-refractivity contribution in [1.82, 2.24) is 10.4 Å². The number of hydrogen-bond donors (Lipinski definition) is 2. The van der Waals surface area contributed by atoms with E-state index >= 15 is 0 Å². The van der Waals surface area contributed by atoms with E-state index < -0.39 is 0 Å². The molecule has 2 aromatic carbocycles. The SMILES string of the molecule is CC(C(=Nc1ccc(Cl)cc1Cl)c1ccc(Cl)cc1)=C(N)C(=O)NN1CCCCC1. The molecule has 0 bridgehead atoms. The molecule has 1 saturated heterocycles. The summed E-state index contributed by atoms with van der Waals surface area (Å²) in [5.41, 5.74) is 11.6. The second-order valence-electron chi connectivity index (χ2n) is 7.09. The third-order valence-corrected chi connectivity index (χ3v) is 5.67. The van der Waals surface area contributed by atoms with Gasteiger partial charge in [0.2, 0.25) is 0 Å². The molecule has 1 aliphatic heterocycles. The van der Waals surface area contributed by atoms with E-state index in [0.29, 0.717) is 32.0 Å². The zero-order valence-corrected chi connectivity index (χ0v) is 18.9. The highest BCUT2D eigenvalue weighted by atomic mass is 35.5. The van der Waals surface area contributed by atoms with E-state index in [-0.39, 0.29) is 11.6 Å². The molecule has 0 unspecified atom stereocenters. The van der Waals surface area contributed by atoms with Crippen LogP contribution in [0.2, 0.25) is 15.1 Å². The van der Waals surface area contributed by atoms with Gasteiger partial charge in [-0.3, -0.25) is 10.2 Å². The summed E-state index contributed by atoms with van der Waals surface area (Å²) < 4.78 is 0. The van der Waals surface area contributed by atoms with E-state index in [1.807, 2.05) is 17.1 Å². The van der Waals surface area contributed by atoms with Crippen LogP contribution in [-0.2, 0) is 4.79 Å². The average molecular weight is 466 g/mol. The molecule has 0 spiro atoms. The van der Waals surface area contributed by atoms with E-state index in [1.165, 1.54) is 6.42 Å². The average Bonchev–Trinajstić information content (AvgIpc) is 2.74. The number of halogens is 3. The second kappa shape index (κ2) is 10.3. The van der Waals surface area contributed by atoms with Gasteiger partial charge < -0.3 is 5.73 Å². The summed E-state index contributed by atoms with van der Waals surface area (Å²) in [4.78, 5) is 17.5. The van der Waals surface area contributed by atoms with E-state index in [9.17, 15) is 4.79 Å². The molecule has 5 nitrogen and oxygen atoms in total. The number of allylic oxidation sites excluding steroid dienone is 1.